The molecule has 0 aromatic heterocycles. The summed E-state index contributed by atoms with van der Waals surface area (Å²) in [5.41, 5.74) is 0. The lowest BCUT2D eigenvalue weighted by Crippen LogP contribution is -2.11. The zero-order chi connectivity index (χ0) is 28.5. The predicted octanol–water partition coefficient (Wildman–Crippen LogP) is 12.4. The third-order valence-electron chi connectivity index (χ3n) is 7.85. The van der Waals surface area contributed by atoms with Gasteiger partial charge in [0.25, 0.3) is 0 Å². The summed E-state index contributed by atoms with van der Waals surface area (Å²) >= 11 is 0. The molecule has 0 amide bonds. The van der Waals surface area contributed by atoms with Crippen LogP contribution in [0.15, 0.2) is 12.2 Å². The van der Waals surface area contributed by atoms with Crippen molar-refractivity contribution in [2.45, 2.75) is 206 Å². The molecule has 0 aliphatic rings. The molecule has 0 saturated carbocycles. The van der Waals surface area contributed by atoms with E-state index in [4.69, 9.17) is 4.74 Å². The zero-order valence-electron chi connectivity index (χ0n) is 26.6. The molecule has 0 atom stereocenters. The summed E-state index contributed by atoms with van der Waals surface area (Å²) in [5, 5.41) is 0. The molecule has 0 N–H and O–H groups in total. The number of allylic oxidation sites excluding steroid dienone is 2. The fourth-order valence-electron chi connectivity index (χ4n) is 5.21. The zero-order valence-corrected chi connectivity index (χ0v) is 26.6. The van der Waals surface area contributed by atoms with Crippen LogP contribution in [0.2, 0.25) is 0 Å². The Bertz CT molecular complexity index is 539. The molecule has 39 heavy (non-hydrogen) atoms. The summed E-state index contributed by atoms with van der Waals surface area (Å²) in [4.78, 5) is 23.8. The highest BCUT2D eigenvalue weighted by Crippen LogP contribution is 2.14. The SMILES string of the molecule is CCCCCCC=CCCCCCCCCCCCC(=O)OC(=O)CCCCCCCCCCCCCCC. The van der Waals surface area contributed by atoms with Gasteiger partial charge in [0.15, 0.2) is 0 Å². The average molecular weight is 549 g/mol. The van der Waals surface area contributed by atoms with E-state index >= 15 is 0 Å². The molecule has 0 aromatic rings. The molecule has 0 unspecified atom stereocenters. The Kier molecular flexibility index (Phi) is 32.1. The molecule has 0 spiro atoms. The van der Waals surface area contributed by atoms with Gasteiger partial charge in [-0.15, -0.1) is 0 Å². The van der Waals surface area contributed by atoms with Gasteiger partial charge in [-0.3, -0.25) is 9.59 Å². The molecule has 0 aliphatic heterocycles. The molecule has 3 nitrogen and oxygen atoms in total. The van der Waals surface area contributed by atoms with E-state index in [1.54, 1.807) is 0 Å². The van der Waals surface area contributed by atoms with E-state index in [2.05, 4.69) is 26.0 Å². The van der Waals surface area contributed by atoms with Crippen LogP contribution in [-0.4, -0.2) is 11.9 Å². The van der Waals surface area contributed by atoms with Crippen molar-refractivity contribution in [3.05, 3.63) is 12.2 Å². The van der Waals surface area contributed by atoms with Crippen LogP contribution >= 0.6 is 0 Å². The van der Waals surface area contributed by atoms with Gasteiger partial charge in [0, 0.05) is 12.8 Å². The fourth-order valence-corrected chi connectivity index (χ4v) is 5.21. The number of rotatable bonds is 31. The van der Waals surface area contributed by atoms with Crippen LogP contribution in [0.25, 0.3) is 0 Å². The average Bonchev–Trinajstić information content (AvgIpc) is 2.93. The molecule has 0 radical (unpaired) electrons. The third kappa shape index (κ3) is 33.0. The second-order valence-corrected chi connectivity index (χ2v) is 11.9. The Morgan fingerprint density at radius 3 is 0.974 bits per heavy atom. The Morgan fingerprint density at radius 2 is 0.641 bits per heavy atom. The molecule has 230 valence electrons. The quantitative estimate of drug-likeness (QED) is 0.0374. The first kappa shape index (κ1) is 37.9. The Balaban J connectivity index is 3.31. The lowest BCUT2D eigenvalue weighted by atomic mass is 10.0. The van der Waals surface area contributed by atoms with E-state index in [-0.39, 0.29) is 11.9 Å². The maximum absolute atomic E-state index is 11.9. The first-order valence-corrected chi connectivity index (χ1v) is 17.6. The predicted molar refractivity (Wildman–Crippen MR) is 170 cm³/mol. The van der Waals surface area contributed by atoms with Crippen LogP contribution in [0.1, 0.15) is 206 Å². The van der Waals surface area contributed by atoms with Gasteiger partial charge in [-0.2, -0.15) is 0 Å². The maximum Gasteiger partial charge on any atom is 0.313 e. The van der Waals surface area contributed by atoms with E-state index in [0.717, 1.165) is 25.7 Å². The van der Waals surface area contributed by atoms with Gasteiger partial charge in [-0.1, -0.05) is 167 Å². The largest absolute Gasteiger partial charge is 0.393 e. The molecule has 0 heterocycles. The summed E-state index contributed by atoms with van der Waals surface area (Å²) < 4.78 is 5.00. The Morgan fingerprint density at radius 1 is 0.385 bits per heavy atom. The van der Waals surface area contributed by atoms with Crippen LogP contribution < -0.4 is 0 Å². The van der Waals surface area contributed by atoms with Gasteiger partial charge >= 0.3 is 11.9 Å². The number of hydrogen-bond donors (Lipinski definition) is 0. The highest BCUT2D eigenvalue weighted by Gasteiger charge is 2.09. The molecular formula is C36H68O3. The van der Waals surface area contributed by atoms with E-state index in [0.29, 0.717) is 12.8 Å². The van der Waals surface area contributed by atoms with Crippen molar-refractivity contribution in [3.63, 3.8) is 0 Å². The van der Waals surface area contributed by atoms with Crippen LogP contribution in [0.5, 0.6) is 0 Å². The molecule has 0 saturated heterocycles. The summed E-state index contributed by atoms with van der Waals surface area (Å²) in [6.45, 7) is 4.53. The van der Waals surface area contributed by atoms with Crippen molar-refractivity contribution in [2.24, 2.45) is 0 Å². The van der Waals surface area contributed by atoms with Crippen molar-refractivity contribution in [1.82, 2.24) is 0 Å². The monoisotopic (exact) mass is 549 g/mol. The first-order valence-electron chi connectivity index (χ1n) is 17.6. The van der Waals surface area contributed by atoms with Gasteiger partial charge in [0.05, 0.1) is 0 Å². The van der Waals surface area contributed by atoms with Gasteiger partial charge in [0.1, 0.15) is 0 Å². The van der Waals surface area contributed by atoms with Crippen molar-refractivity contribution in [1.29, 1.82) is 0 Å². The van der Waals surface area contributed by atoms with Gasteiger partial charge < -0.3 is 4.74 Å². The second kappa shape index (κ2) is 33.1. The highest BCUT2D eigenvalue weighted by atomic mass is 16.6. The summed E-state index contributed by atoms with van der Waals surface area (Å²) in [7, 11) is 0. The molecule has 0 bridgehead atoms. The van der Waals surface area contributed by atoms with E-state index in [1.165, 1.54) is 154 Å². The van der Waals surface area contributed by atoms with E-state index in [9.17, 15) is 9.59 Å². The number of ether oxygens (including phenoxy) is 1. The number of hydrogen-bond acceptors (Lipinski definition) is 3. The Hall–Kier alpha value is -1.12. The molecule has 3 heteroatoms. The van der Waals surface area contributed by atoms with E-state index in [1.807, 2.05) is 0 Å². The number of esters is 2. The van der Waals surface area contributed by atoms with Crippen molar-refractivity contribution < 1.29 is 14.3 Å². The van der Waals surface area contributed by atoms with Gasteiger partial charge in [-0.25, -0.2) is 0 Å². The van der Waals surface area contributed by atoms with Crippen LogP contribution in [0.4, 0.5) is 0 Å². The lowest BCUT2D eigenvalue weighted by molar-refractivity contribution is -0.159. The minimum atomic E-state index is -0.329. The second-order valence-electron chi connectivity index (χ2n) is 11.9. The molecule has 0 rings (SSSR count). The third-order valence-corrected chi connectivity index (χ3v) is 7.85. The van der Waals surface area contributed by atoms with Gasteiger partial charge in [-0.05, 0) is 38.5 Å². The lowest BCUT2D eigenvalue weighted by Gasteiger charge is -2.05. The number of unbranched alkanes of at least 4 members (excludes halogenated alkanes) is 25. The number of carbonyl (C=O) groups is 2. The van der Waals surface area contributed by atoms with E-state index < -0.39 is 0 Å². The molecule has 0 aliphatic carbocycles. The normalized spacial score (nSPS) is 11.4. The fraction of sp³-hybridized carbons (Fsp3) is 0.889. The summed E-state index contributed by atoms with van der Waals surface area (Å²) in [6.07, 6.45) is 41.2. The standard InChI is InChI=1S/C36H68O3/c1-3-5-7-9-11-13-15-17-18-19-20-22-24-26-28-30-32-34-36(38)39-35(37)33-31-29-27-25-23-21-16-14-12-10-8-6-4-2/h13,15H,3-12,14,16-34H2,1-2H3. The van der Waals surface area contributed by atoms with Crippen molar-refractivity contribution >= 4 is 11.9 Å². The smallest absolute Gasteiger partial charge is 0.313 e. The van der Waals surface area contributed by atoms with Crippen LogP contribution in [-0.2, 0) is 14.3 Å². The molecule has 0 fully saturated rings. The van der Waals surface area contributed by atoms with Crippen molar-refractivity contribution in [2.75, 3.05) is 0 Å². The molecule has 0 aromatic carbocycles. The van der Waals surface area contributed by atoms with Crippen LogP contribution in [0.3, 0.4) is 0 Å². The first-order chi connectivity index (χ1) is 19.2. The summed E-state index contributed by atoms with van der Waals surface area (Å²) in [5.74, 6) is -0.657. The van der Waals surface area contributed by atoms with Crippen molar-refractivity contribution in [3.8, 4) is 0 Å². The minimum absolute atomic E-state index is 0.328. The molecular weight excluding hydrogens is 480 g/mol. The summed E-state index contributed by atoms with van der Waals surface area (Å²) in [6, 6.07) is 0. The van der Waals surface area contributed by atoms with Gasteiger partial charge in [0.2, 0.25) is 0 Å². The topological polar surface area (TPSA) is 43.4 Å². The van der Waals surface area contributed by atoms with Crippen LogP contribution in [0, 0.1) is 0 Å². The Labute approximate surface area is 244 Å². The maximum atomic E-state index is 11.9. The minimum Gasteiger partial charge on any atom is -0.393 e. The number of carbonyl (C=O) groups excluding carboxylic acids is 2. The highest BCUT2D eigenvalue weighted by molar-refractivity contribution is 5.85.